The van der Waals surface area contributed by atoms with Crippen molar-refractivity contribution in [1.29, 1.82) is 0 Å². The van der Waals surface area contributed by atoms with Crippen LogP contribution < -0.4 is 10.2 Å². The predicted molar refractivity (Wildman–Crippen MR) is 153 cm³/mol. The van der Waals surface area contributed by atoms with Crippen molar-refractivity contribution in [3.05, 3.63) is 59.8 Å². The summed E-state index contributed by atoms with van der Waals surface area (Å²) in [4.78, 5) is 58.9. The summed E-state index contributed by atoms with van der Waals surface area (Å²) >= 11 is 0. The molecule has 5 amide bonds. The van der Waals surface area contributed by atoms with Gasteiger partial charge in [-0.15, -0.1) is 0 Å². The molecule has 2 aliphatic rings. The second-order valence-corrected chi connectivity index (χ2v) is 13.3. The highest BCUT2D eigenvalue weighted by atomic mass is 16.6. The zero-order valence-electron chi connectivity index (χ0n) is 25.1. The maximum absolute atomic E-state index is 13.3. The van der Waals surface area contributed by atoms with Crippen LogP contribution in [-0.4, -0.2) is 50.7 Å². The van der Waals surface area contributed by atoms with Gasteiger partial charge in [-0.1, -0.05) is 30.3 Å². The molecule has 1 saturated heterocycles. The van der Waals surface area contributed by atoms with E-state index in [1.165, 1.54) is 11.1 Å². The van der Waals surface area contributed by atoms with Gasteiger partial charge in [-0.05, 0) is 97.9 Å². The summed E-state index contributed by atoms with van der Waals surface area (Å²) in [5, 5.41) is 3.09. The number of nitrogens with zero attached hydrogens (tertiary/aromatic N) is 3. The lowest BCUT2D eigenvalue weighted by Crippen LogP contribution is -2.72. The van der Waals surface area contributed by atoms with Crippen molar-refractivity contribution in [2.75, 3.05) is 4.90 Å². The number of anilines is 1. The summed E-state index contributed by atoms with van der Waals surface area (Å²) < 4.78 is 10.9. The molecule has 4 rings (SSSR count). The molecule has 41 heavy (non-hydrogen) atoms. The number of pyridine rings is 1. The van der Waals surface area contributed by atoms with Gasteiger partial charge in [0.1, 0.15) is 17.0 Å². The second-order valence-electron chi connectivity index (χ2n) is 13.3. The fourth-order valence-electron chi connectivity index (χ4n) is 4.98. The number of hydrogen-bond donors (Lipinski definition) is 1. The standard InChI is InChI=1S/C31H40N4O6/c1-28(2,3)40-26(38)34(27(39)41-29(4,5)6)23-19-20(14-17-32-23)18-22-24(36)35(30(22,7)8)25(37)33-31(15-16-31)21-12-10-9-11-13-21/h9-14,17,19,22H,15-16,18H2,1-8H3,(H,33,37). The molecule has 0 radical (unpaired) electrons. The van der Waals surface area contributed by atoms with Crippen LogP contribution in [0.2, 0.25) is 0 Å². The van der Waals surface area contributed by atoms with Gasteiger partial charge < -0.3 is 14.8 Å². The minimum Gasteiger partial charge on any atom is -0.443 e. The fourth-order valence-corrected chi connectivity index (χ4v) is 4.98. The molecule has 10 nitrogen and oxygen atoms in total. The normalized spacial score (nSPS) is 19.1. The highest BCUT2D eigenvalue weighted by Crippen LogP contribution is 2.47. The topological polar surface area (TPSA) is 118 Å². The third-order valence-corrected chi connectivity index (χ3v) is 7.20. The van der Waals surface area contributed by atoms with Crippen molar-refractivity contribution >= 4 is 29.9 Å². The van der Waals surface area contributed by atoms with Gasteiger partial charge >= 0.3 is 18.2 Å². The van der Waals surface area contributed by atoms with Gasteiger partial charge in [0, 0.05) is 6.20 Å². The van der Waals surface area contributed by atoms with Crippen LogP contribution >= 0.6 is 0 Å². The van der Waals surface area contributed by atoms with Crippen LogP contribution in [0.4, 0.5) is 20.2 Å². The Kier molecular flexibility index (Phi) is 7.66. The highest BCUT2D eigenvalue weighted by Gasteiger charge is 2.58. The van der Waals surface area contributed by atoms with E-state index in [-0.39, 0.29) is 18.1 Å². The number of urea groups is 1. The summed E-state index contributed by atoms with van der Waals surface area (Å²) in [5.41, 5.74) is -1.22. The fraction of sp³-hybridized carbons (Fsp3) is 0.516. The Hall–Kier alpha value is -3.95. The van der Waals surface area contributed by atoms with E-state index in [1.54, 1.807) is 53.7 Å². The zero-order valence-corrected chi connectivity index (χ0v) is 25.1. The summed E-state index contributed by atoms with van der Waals surface area (Å²) in [5.74, 6) is -0.763. The molecule has 220 valence electrons. The first kappa shape index (κ1) is 30.0. The Morgan fingerprint density at radius 1 is 0.976 bits per heavy atom. The number of β-lactam (4-membered cyclic amide) rings is 1. The smallest absolute Gasteiger partial charge is 0.425 e. The van der Waals surface area contributed by atoms with Crippen molar-refractivity contribution in [3.8, 4) is 0 Å². The van der Waals surface area contributed by atoms with Crippen molar-refractivity contribution in [1.82, 2.24) is 15.2 Å². The highest BCUT2D eigenvalue weighted by molar-refractivity contribution is 6.09. The Bertz CT molecular complexity index is 1310. The minimum absolute atomic E-state index is 0.0173. The average Bonchev–Trinajstić information content (AvgIpc) is 3.61. The third kappa shape index (κ3) is 6.52. The molecule has 1 aliphatic carbocycles. The lowest BCUT2D eigenvalue weighted by atomic mass is 9.73. The van der Waals surface area contributed by atoms with E-state index < -0.39 is 46.4 Å². The molecule has 1 N–H and O–H groups in total. The number of aromatic nitrogens is 1. The first-order chi connectivity index (χ1) is 18.9. The van der Waals surface area contributed by atoms with E-state index in [2.05, 4.69) is 10.3 Å². The van der Waals surface area contributed by atoms with E-state index in [4.69, 9.17) is 9.47 Å². The van der Waals surface area contributed by atoms with E-state index in [9.17, 15) is 19.2 Å². The van der Waals surface area contributed by atoms with Gasteiger partial charge in [-0.2, -0.15) is 4.90 Å². The van der Waals surface area contributed by atoms with Gasteiger partial charge in [-0.3, -0.25) is 9.69 Å². The Morgan fingerprint density at radius 3 is 2.02 bits per heavy atom. The molecule has 1 unspecified atom stereocenters. The van der Waals surface area contributed by atoms with Crippen molar-refractivity contribution in [2.24, 2.45) is 5.92 Å². The number of benzene rings is 1. The summed E-state index contributed by atoms with van der Waals surface area (Å²) in [6.07, 6.45) is 1.54. The average molecular weight is 565 g/mol. The van der Waals surface area contributed by atoms with Gasteiger partial charge in [0.25, 0.3) is 0 Å². The van der Waals surface area contributed by atoms with Crippen LogP contribution in [0.1, 0.15) is 79.4 Å². The number of nitrogens with one attached hydrogen (secondary N) is 1. The monoisotopic (exact) mass is 564 g/mol. The largest absolute Gasteiger partial charge is 0.443 e. The molecule has 0 bridgehead atoms. The first-order valence-electron chi connectivity index (χ1n) is 13.9. The number of imide groups is 2. The number of carbonyl (C=O) groups is 4. The SMILES string of the molecule is CC(C)(C)OC(=O)N(C(=O)OC(C)(C)C)c1cc(CC2C(=O)N(C(=O)NC3(c4ccccc4)CC3)C2(C)C)ccn1. The van der Waals surface area contributed by atoms with Crippen LogP contribution in [0.15, 0.2) is 48.7 Å². The Morgan fingerprint density at radius 2 is 1.54 bits per heavy atom. The maximum Gasteiger partial charge on any atom is 0.425 e. The number of carbonyl (C=O) groups excluding carboxylic acids is 4. The van der Waals surface area contributed by atoms with Crippen molar-refractivity contribution in [2.45, 2.75) is 96.9 Å². The van der Waals surface area contributed by atoms with Crippen LogP contribution in [-0.2, 0) is 26.2 Å². The second kappa shape index (κ2) is 10.5. The van der Waals surface area contributed by atoms with Crippen LogP contribution in [0.3, 0.4) is 0 Å². The summed E-state index contributed by atoms with van der Waals surface area (Å²) in [6, 6.07) is 12.6. The van der Waals surface area contributed by atoms with E-state index >= 15 is 0 Å². The molecule has 1 aromatic heterocycles. The van der Waals surface area contributed by atoms with Crippen molar-refractivity contribution < 1.29 is 28.7 Å². The summed E-state index contributed by atoms with van der Waals surface area (Å²) in [6.45, 7) is 13.9. The molecule has 2 heterocycles. The molecule has 1 aromatic carbocycles. The predicted octanol–water partition coefficient (Wildman–Crippen LogP) is 5.94. The van der Waals surface area contributed by atoms with Gasteiger partial charge in [0.2, 0.25) is 5.91 Å². The van der Waals surface area contributed by atoms with Crippen molar-refractivity contribution in [3.63, 3.8) is 0 Å². The number of likely N-dealkylation sites (tertiary alicyclic amines) is 1. The molecule has 1 aliphatic heterocycles. The molecule has 2 fully saturated rings. The lowest BCUT2D eigenvalue weighted by molar-refractivity contribution is -0.158. The minimum atomic E-state index is -0.924. The van der Waals surface area contributed by atoms with E-state index in [0.717, 1.165) is 23.3 Å². The molecular weight excluding hydrogens is 524 g/mol. The number of ether oxygens (including phenoxy) is 2. The zero-order chi connectivity index (χ0) is 30.4. The van der Waals surface area contributed by atoms with Crippen LogP contribution in [0.5, 0.6) is 0 Å². The van der Waals surface area contributed by atoms with Gasteiger partial charge in [0.15, 0.2) is 0 Å². The molecule has 0 spiro atoms. The lowest BCUT2D eigenvalue weighted by Gasteiger charge is -2.52. The van der Waals surface area contributed by atoms with E-state index in [1.807, 2.05) is 44.2 Å². The Labute approximate surface area is 241 Å². The molecule has 10 heteroatoms. The summed E-state index contributed by atoms with van der Waals surface area (Å²) in [7, 11) is 0. The third-order valence-electron chi connectivity index (χ3n) is 7.20. The molecular formula is C31H40N4O6. The first-order valence-corrected chi connectivity index (χ1v) is 13.9. The van der Waals surface area contributed by atoms with E-state index in [0.29, 0.717) is 5.56 Å². The number of hydrogen-bond acceptors (Lipinski definition) is 7. The van der Waals surface area contributed by atoms with Gasteiger partial charge in [0.05, 0.1) is 17.0 Å². The van der Waals surface area contributed by atoms with Crippen LogP contribution in [0, 0.1) is 5.92 Å². The maximum atomic E-state index is 13.3. The molecule has 1 atom stereocenters. The number of amides is 5. The quantitative estimate of drug-likeness (QED) is 0.447. The van der Waals surface area contributed by atoms with Crippen LogP contribution in [0.25, 0.3) is 0 Å². The van der Waals surface area contributed by atoms with Gasteiger partial charge in [-0.25, -0.2) is 19.4 Å². The molecule has 2 aromatic rings. The Balaban J connectivity index is 1.51. The number of rotatable bonds is 5. The molecule has 1 saturated carbocycles.